The van der Waals surface area contributed by atoms with Crippen LogP contribution in [0.1, 0.15) is 45.7 Å². The maximum atomic E-state index is 12.8. The molecule has 1 atom stereocenters. The summed E-state index contributed by atoms with van der Waals surface area (Å²) >= 11 is 0. The number of hydrogen-bond acceptors (Lipinski definition) is 5. The first-order valence-electron chi connectivity index (χ1n) is 10.5. The summed E-state index contributed by atoms with van der Waals surface area (Å²) in [6.45, 7) is 10.3. The second-order valence-electron chi connectivity index (χ2n) is 9.02. The van der Waals surface area contributed by atoms with E-state index in [4.69, 9.17) is 9.47 Å². The smallest absolute Gasteiger partial charge is 0.412 e. The normalized spacial score (nSPS) is 12.5. The molecule has 1 amide bonds. The molecular weight excluding hydrogens is 392 g/mol. The number of carbonyl (C=O) groups excluding carboxylic acids is 2. The molecule has 0 fully saturated rings. The summed E-state index contributed by atoms with van der Waals surface area (Å²) in [5, 5.41) is 2.75. The summed E-state index contributed by atoms with van der Waals surface area (Å²) in [4.78, 5) is 26.8. The summed E-state index contributed by atoms with van der Waals surface area (Å²) in [7, 11) is 1.91. The van der Waals surface area contributed by atoms with Crippen molar-refractivity contribution in [3.8, 4) is 0 Å². The van der Waals surface area contributed by atoms with Crippen LogP contribution in [-0.4, -0.2) is 35.7 Å². The van der Waals surface area contributed by atoms with Crippen molar-refractivity contribution in [2.45, 2.75) is 59.4 Å². The largest absolute Gasteiger partial charge is 0.460 e. The van der Waals surface area contributed by atoms with E-state index in [9.17, 15) is 9.59 Å². The van der Waals surface area contributed by atoms with Gasteiger partial charge in [-0.3, -0.25) is 15.0 Å². The fourth-order valence-electron chi connectivity index (χ4n) is 3.33. The van der Waals surface area contributed by atoms with Crippen molar-refractivity contribution in [2.75, 3.05) is 12.4 Å². The molecule has 0 aliphatic carbocycles. The molecule has 31 heavy (non-hydrogen) atoms. The zero-order valence-corrected chi connectivity index (χ0v) is 19.3. The molecule has 2 aromatic carbocycles. The summed E-state index contributed by atoms with van der Waals surface area (Å²) in [6.07, 6.45) is -0.498. The van der Waals surface area contributed by atoms with Gasteiger partial charge >= 0.3 is 12.1 Å². The summed E-state index contributed by atoms with van der Waals surface area (Å²) in [5.41, 5.74) is 2.01. The average Bonchev–Trinajstić information content (AvgIpc) is 2.65. The Labute approximate surface area is 185 Å². The zero-order valence-electron chi connectivity index (χ0n) is 19.3. The van der Waals surface area contributed by atoms with E-state index in [1.54, 1.807) is 0 Å². The second kappa shape index (κ2) is 11.0. The predicted molar refractivity (Wildman–Crippen MR) is 123 cm³/mol. The van der Waals surface area contributed by atoms with Gasteiger partial charge in [-0.2, -0.15) is 0 Å². The first-order valence-corrected chi connectivity index (χ1v) is 10.5. The van der Waals surface area contributed by atoms with Crippen LogP contribution in [0, 0.1) is 5.92 Å². The minimum Gasteiger partial charge on any atom is -0.460 e. The predicted octanol–water partition coefficient (Wildman–Crippen LogP) is 5.23. The van der Waals surface area contributed by atoms with Crippen molar-refractivity contribution < 1.29 is 19.1 Å². The highest BCUT2D eigenvalue weighted by molar-refractivity contribution is 5.85. The Bertz CT molecular complexity index is 859. The Hall–Kier alpha value is -2.86. The molecule has 0 radical (unpaired) electrons. The first kappa shape index (κ1) is 24.4. The lowest BCUT2D eigenvalue weighted by Gasteiger charge is -2.29. The van der Waals surface area contributed by atoms with Gasteiger partial charge in [0.15, 0.2) is 0 Å². The van der Waals surface area contributed by atoms with Gasteiger partial charge in [0.2, 0.25) is 0 Å². The molecule has 2 aromatic rings. The van der Waals surface area contributed by atoms with Gasteiger partial charge in [-0.25, -0.2) is 4.79 Å². The quantitative estimate of drug-likeness (QED) is 0.585. The first-order chi connectivity index (χ1) is 14.5. The highest BCUT2D eigenvalue weighted by Gasteiger charge is 2.28. The van der Waals surface area contributed by atoms with Gasteiger partial charge in [0.1, 0.15) is 18.2 Å². The number of rotatable bonds is 8. The molecule has 0 bridgehead atoms. The van der Waals surface area contributed by atoms with Crippen LogP contribution in [0.4, 0.5) is 10.5 Å². The number of carbonyl (C=O) groups is 2. The lowest BCUT2D eigenvalue weighted by Crippen LogP contribution is -2.43. The van der Waals surface area contributed by atoms with E-state index in [0.29, 0.717) is 12.2 Å². The van der Waals surface area contributed by atoms with E-state index in [1.807, 2.05) is 101 Å². The van der Waals surface area contributed by atoms with Crippen LogP contribution in [-0.2, 0) is 27.4 Å². The number of ether oxygens (including phenoxy) is 2. The van der Waals surface area contributed by atoms with Gasteiger partial charge in [-0.05, 0) is 57.0 Å². The number of benzene rings is 2. The monoisotopic (exact) mass is 426 g/mol. The molecule has 0 aliphatic heterocycles. The van der Waals surface area contributed by atoms with Crippen LogP contribution < -0.4 is 5.32 Å². The van der Waals surface area contributed by atoms with E-state index < -0.39 is 11.7 Å². The van der Waals surface area contributed by atoms with Crippen LogP contribution in [0.3, 0.4) is 0 Å². The fraction of sp³-hybridized carbons (Fsp3) is 0.440. The lowest BCUT2D eigenvalue weighted by molar-refractivity contribution is -0.153. The Morgan fingerprint density at radius 3 is 2.26 bits per heavy atom. The van der Waals surface area contributed by atoms with Crippen molar-refractivity contribution >= 4 is 17.7 Å². The van der Waals surface area contributed by atoms with E-state index in [1.165, 1.54) is 0 Å². The van der Waals surface area contributed by atoms with Crippen molar-refractivity contribution in [2.24, 2.45) is 5.92 Å². The van der Waals surface area contributed by atoms with Crippen LogP contribution in [0.25, 0.3) is 0 Å². The third kappa shape index (κ3) is 8.42. The number of nitrogens with one attached hydrogen (secondary N) is 1. The van der Waals surface area contributed by atoms with Gasteiger partial charge in [0.05, 0.1) is 0 Å². The van der Waals surface area contributed by atoms with Gasteiger partial charge in [0, 0.05) is 12.2 Å². The van der Waals surface area contributed by atoms with Crippen molar-refractivity contribution in [1.82, 2.24) is 4.90 Å². The maximum Gasteiger partial charge on any atom is 0.412 e. The minimum atomic E-state index is -0.563. The number of anilines is 1. The molecule has 0 spiro atoms. The van der Waals surface area contributed by atoms with Crippen molar-refractivity contribution in [3.63, 3.8) is 0 Å². The molecule has 168 valence electrons. The van der Waals surface area contributed by atoms with Gasteiger partial charge in [-0.15, -0.1) is 0 Å². The fourth-order valence-corrected chi connectivity index (χ4v) is 3.33. The molecule has 6 heteroatoms. The Morgan fingerprint density at radius 1 is 1.00 bits per heavy atom. The standard InChI is InChI=1S/C25H34N2O4/c1-18(2)22(23(28)30-17-19-11-8-7-9-12-19)27(6)16-20-13-10-14-21(15-20)26-24(29)31-25(3,4)5/h7-15,18,22H,16-17H2,1-6H3,(H,26,29)/t22-/m0/s1. The molecule has 0 heterocycles. The molecule has 0 saturated carbocycles. The van der Waals surface area contributed by atoms with Crippen LogP contribution in [0.5, 0.6) is 0 Å². The number of amides is 1. The third-order valence-corrected chi connectivity index (χ3v) is 4.58. The number of esters is 1. The molecule has 2 rings (SSSR count). The SMILES string of the molecule is CC(C)[C@@H](C(=O)OCc1ccccc1)N(C)Cc1cccc(NC(=O)OC(C)(C)C)c1. The maximum absolute atomic E-state index is 12.8. The number of likely N-dealkylation sites (N-methyl/N-ethyl adjacent to an activating group) is 1. The molecular formula is C25H34N2O4. The Balaban J connectivity index is 2.01. The lowest BCUT2D eigenvalue weighted by atomic mass is 10.0. The molecule has 1 N–H and O–H groups in total. The zero-order chi connectivity index (χ0) is 23.0. The summed E-state index contributed by atoms with van der Waals surface area (Å²) in [6, 6.07) is 16.8. The summed E-state index contributed by atoms with van der Waals surface area (Å²) < 4.78 is 10.9. The van der Waals surface area contributed by atoms with Crippen molar-refractivity contribution in [3.05, 3.63) is 65.7 Å². The van der Waals surface area contributed by atoms with Crippen molar-refractivity contribution in [1.29, 1.82) is 0 Å². The molecule has 0 aromatic heterocycles. The van der Waals surface area contributed by atoms with Crippen LogP contribution in [0.15, 0.2) is 54.6 Å². The Morgan fingerprint density at radius 2 is 1.65 bits per heavy atom. The highest BCUT2D eigenvalue weighted by Crippen LogP contribution is 2.19. The van der Waals surface area contributed by atoms with E-state index in [0.717, 1.165) is 11.1 Å². The second-order valence-corrected chi connectivity index (χ2v) is 9.02. The molecule has 6 nitrogen and oxygen atoms in total. The highest BCUT2D eigenvalue weighted by atomic mass is 16.6. The topological polar surface area (TPSA) is 67.9 Å². The average molecular weight is 427 g/mol. The van der Waals surface area contributed by atoms with Gasteiger partial charge in [0.25, 0.3) is 0 Å². The number of hydrogen-bond donors (Lipinski definition) is 1. The van der Waals surface area contributed by atoms with Gasteiger partial charge < -0.3 is 9.47 Å². The van der Waals surface area contributed by atoms with Crippen LogP contribution in [0.2, 0.25) is 0 Å². The molecule has 0 saturated heterocycles. The van der Waals surface area contributed by atoms with E-state index in [-0.39, 0.29) is 24.5 Å². The minimum absolute atomic E-state index is 0.0799. The van der Waals surface area contributed by atoms with E-state index >= 15 is 0 Å². The third-order valence-electron chi connectivity index (χ3n) is 4.58. The number of nitrogens with zero attached hydrogens (tertiary/aromatic N) is 1. The Kier molecular flexibility index (Phi) is 8.63. The van der Waals surface area contributed by atoms with E-state index in [2.05, 4.69) is 5.32 Å². The molecule has 0 unspecified atom stereocenters. The summed E-state index contributed by atoms with van der Waals surface area (Å²) in [5.74, 6) is -0.166. The molecule has 0 aliphatic rings. The van der Waals surface area contributed by atoms with Crippen LogP contribution >= 0.6 is 0 Å². The van der Waals surface area contributed by atoms with Gasteiger partial charge in [-0.1, -0.05) is 56.3 Å².